The standard InChI is InChI=1S/C10H13NO3S/c1-3-14-9(2)11-15(12,13)10-7-5-4-6-8-10/h4-8,11H,2-3H2,1H3. The average Bonchev–Trinajstić information content (AvgIpc) is 2.18. The maximum absolute atomic E-state index is 11.7. The smallest absolute Gasteiger partial charge is 0.264 e. The Hall–Kier alpha value is -1.49. The number of sulfonamides is 1. The van der Waals surface area contributed by atoms with Crippen LogP contribution in [0.2, 0.25) is 0 Å². The molecule has 4 nitrogen and oxygen atoms in total. The normalized spacial score (nSPS) is 10.7. The first kappa shape index (κ1) is 11.6. The van der Waals surface area contributed by atoms with Gasteiger partial charge in [0.25, 0.3) is 10.0 Å². The first-order valence-electron chi connectivity index (χ1n) is 4.46. The molecule has 1 aromatic rings. The van der Waals surface area contributed by atoms with Crippen LogP contribution in [0, 0.1) is 0 Å². The second-order valence-electron chi connectivity index (χ2n) is 2.77. The van der Waals surface area contributed by atoms with Crippen LogP contribution in [0.15, 0.2) is 47.7 Å². The Kier molecular flexibility index (Phi) is 3.74. The Morgan fingerprint density at radius 1 is 1.40 bits per heavy atom. The summed E-state index contributed by atoms with van der Waals surface area (Å²) in [4.78, 5) is 0.186. The fraction of sp³-hybridized carbons (Fsp3) is 0.200. The van der Waals surface area contributed by atoms with Crippen LogP contribution in [-0.4, -0.2) is 15.0 Å². The van der Waals surface area contributed by atoms with Crippen molar-refractivity contribution in [3.05, 3.63) is 42.8 Å². The highest BCUT2D eigenvalue weighted by Crippen LogP contribution is 2.08. The molecular formula is C10H13NO3S. The van der Waals surface area contributed by atoms with Crippen molar-refractivity contribution in [1.82, 2.24) is 4.72 Å². The van der Waals surface area contributed by atoms with Crippen molar-refractivity contribution < 1.29 is 13.2 Å². The van der Waals surface area contributed by atoms with Gasteiger partial charge in [0.15, 0.2) is 5.88 Å². The second-order valence-corrected chi connectivity index (χ2v) is 4.46. The Morgan fingerprint density at radius 2 is 2.00 bits per heavy atom. The number of rotatable bonds is 5. The fourth-order valence-electron chi connectivity index (χ4n) is 1.01. The fourth-order valence-corrected chi connectivity index (χ4v) is 2.00. The summed E-state index contributed by atoms with van der Waals surface area (Å²) < 4.78 is 30.5. The van der Waals surface area contributed by atoms with E-state index in [1.807, 2.05) is 0 Å². The average molecular weight is 227 g/mol. The van der Waals surface area contributed by atoms with Crippen LogP contribution in [0.4, 0.5) is 0 Å². The molecule has 15 heavy (non-hydrogen) atoms. The number of nitrogens with one attached hydrogen (secondary N) is 1. The van der Waals surface area contributed by atoms with Crippen LogP contribution in [0.3, 0.4) is 0 Å². The quantitative estimate of drug-likeness (QED) is 0.775. The molecule has 0 saturated heterocycles. The van der Waals surface area contributed by atoms with E-state index in [4.69, 9.17) is 4.74 Å². The molecule has 0 spiro atoms. The van der Waals surface area contributed by atoms with Crippen molar-refractivity contribution in [1.29, 1.82) is 0 Å². The molecule has 0 atom stereocenters. The highest BCUT2D eigenvalue weighted by atomic mass is 32.2. The van der Waals surface area contributed by atoms with E-state index in [0.29, 0.717) is 6.61 Å². The van der Waals surface area contributed by atoms with Gasteiger partial charge in [-0.3, -0.25) is 4.72 Å². The molecule has 0 radical (unpaired) electrons. The van der Waals surface area contributed by atoms with E-state index in [1.165, 1.54) is 12.1 Å². The van der Waals surface area contributed by atoms with Crippen molar-refractivity contribution in [2.45, 2.75) is 11.8 Å². The van der Waals surface area contributed by atoms with E-state index < -0.39 is 10.0 Å². The zero-order valence-corrected chi connectivity index (χ0v) is 9.25. The molecule has 0 aliphatic carbocycles. The van der Waals surface area contributed by atoms with Gasteiger partial charge >= 0.3 is 0 Å². The lowest BCUT2D eigenvalue weighted by Crippen LogP contribution is -2.23. The predicted octanol–water partition coefficient (Wildman–Crippen LogP) is 1.47. The molecule has 82 valence electrons. The molecule has 5 heteroatoms. The summed E-state index contributed by atoms with van der Waals surface area (Å²) in [6, 6.07) is 8.05. The molecular weight excluding hydrogens is 214 g/mol. The van der Waals surface area contributed by atoms with Crippen molar-refractivity contribution in [3.8, 4) is 0 Å². The van der Waals surface area contributed by atoms with Gasteiger partial charge in [0.1, 0.15) is 0 Å². The third kappa shape index (κ3) is 3.28. The van der Waals surface area contributed by atoms with Crippen molar-refractivity contribution in [2.24, 2.45) is 0 Å². The summed E-state index contributed by atoms with van der Waals surface area (Å²) in [5.41, 5.74) is 0. The van der Waals surface area contributed by atoms with Crippen molar-refractivity contribution in [2.75, 3.05) is 6.61 Å². The summed E-state index contributed by atoms with van der Waals surface area (Å²) >= 11 is 0. The van der Waals surface area contributed by atoms with E-state index in [0.717, 1.165) is 0 Å². The Balaban J connectivity index is 2.81. The molecule has 0 aliphatic rings. The molecule has 1 N–H and O–H groups in total. The highest BCUT2D eigenvalue weighted by molar-refractivity contribution is 7.89. The SMILES string of the molecule is C=C(NS(=O)(=O)c1ccccc1)OCC. The van der Waals surface area contributed by atoms with Crippen LogP contribution < -0.4 is 4.72 Å². The number of benzene rings is 1. The zero-order valence-electron chi connectivity index (χ0n) is 8.43. The summed E-state index contributed by atoms with van der Waals surface area (Å²) in [5, 5.41) is 0. The Bertz CT molecular complexity index is 425. The van der Waals surface area contributed by atoms with Gasteiger partial charge in [-0.15, -0.1) is 0 Å². The maximum Gasteiger partial charge on any atom is 0.264 e. The summed E-state index contributed by atoms with van der Waals surface area (Å²) in [6.45, 7) is 5.57. The molecule has 1 rings (SSSR count). The summed E-state index contributed by atoms with van der Waals surface area (Å²) in [5.74, 6) is 0.0290. The minimum atomic E-state index is -3.56. The molecule has 0 saturated carbocycles. The molecule has 0 aliphatic heterocycles. The minimum Gasteiger partial charge on any atom is -0.479 e. The first-order chi connectivity index (χ1) is 7.06. The summed E-state index contributed by atoms with van der Waals surface area (Å²) in [7, 11) is -3.56. The molecule has 0 bridgehead atoms. The van der Waals surface area contributed by atoms with Crippen LogP contribution in [0.1, 0.15) is 6.92 Å². The van der Waals surface area contributed by atoms with Gasteiger partial charge < -0.3 is 4.74 Å². The molecule has 1 aromatic carbocycles. The number of hydrogen-bond donors (Lipinski definition) is 1. The van der Waals surface area contributed by atoms with Gasteiger partial charge in [0.05, 0.1) is 11.5 Å². The highest BCUT2D eigenvalue weighted by Gasteiger charge is 2.13. The van der Waals surface area contributed by atoms with Crippen molar-refractivity contribution >= 4 is 10.0 Å². The third-order valence-corrected chi connectivity index (χ3v) is 3.01. The summed E-state index contributed by atoms with van der Waals surface area (Å²) in [6.07, 6.45) is 0. The van der Waals surface area contributed by atoms with E-state index in [1.54, 1.807) is 25.1 Å². The first-order valence-corrected chi connectivity index (χ1v) is 5.94. The molecule has 0 fully saturated rings. The van der Waals surface area contributed by atoms with Gasteiger partial charge in [-0.05, 0) is 25.6 Å². The Morgan fingerprint density at radius 3 is 2.53 bits per heavy atom. The predicted molar refractivity (Wildman–Crippen MR) is 57.5 cm³/mol. The lowest BCUT2D eigenvalue weighted by Gasteiger charge is -2.10. The zero-order chi connectivity index (χ0) is 11.3. The topological polar surface area (TPSA) is 55.4 Å². The van der Waals surface area contributed by atoms with Crippen LogP contribution in [0.25, 0.3) is 0 Å². The van der Waals surface area contributed by atoms with Gasteiger partial charge in [-0.2, -0.15) is 0 Å². The Labute approximate surface area is 89.6 Å². The number of hydrogen-bond acceptors (Lipinski definition) is 3. The maximum atomic E-state index is 11.7. The second kappa shape index (κ2) is 4.84. The van der Waals surface area contributed by atoms with E-state index in [-0.39, 0.29) is 10.8 Å². The molecule has 0 heterocycles. The van der Waals surface area contributed by atoms with Crippen LogP contribution in [-0.2, 0) is 14.8 Å². The van der Waals surface area contributed by atoms with Crippen LogP contribution >= 0.6 is 0 Å². The van der Waals surface area contributed by atoms with E-state index in [9.17, 15) is 8.42 Å². The van der Waals surface area contributed by atoms with E-state index in [2.05, 4.69) is 11.3 Å². The molecule has 0 unspecified atom stereocenters. The largest absolute Gasteiger partial charge is 0.479 e. The monoisotopic (exact) mass is 227 g/mol. The lowest BCUT2D eigenvalue weighted by atomic mass is 10.4. The van der Waals surface area contributed by atoms with Gasteiger partial charge in [-0.1, -0.05) is 18.2 Å². The molecule has 0 aromatic heterocycles. The van der Waals surface area contributed by atoms with E-state index >= 15 is 0 Å². The van der Waals surface area contributed by atoms with Crippen LogP contribution in [0.5, 0.6) is 0 Å². The lowest BCUT2D eigenvalue weighted by molar-refractivity contribution is 0.220. The minimum absolute atomic E-state index is 0.0290. The van der Waals surface area contributed by atoms with Crippen molar-refractivity contribution in [3.63, 3.8) is 0 Å². The van der Waals surface area contributed by atoms with Gasteiger partial charge in [0.2, 0.25) is 0 Å². The third-order valence-electron chi connectivity index (χ3n) is 1.62. The number of ether oxygens (including phenoxy) is 1. The van der Waals surface area contributed by atoms with Gasteiger partial charge in [-0.25, -0.2) is 8.42 Å². The molecule has 0 amide bonds. The van der Waals surface area contributed by atoms with Gasteiger partial charge in [0, 0.05) is 0 Å².